The number of rotatable bonds is 0. The van der Waals surface area contributed by atoms with Crippen LogP contribution in [0.3, 0.4) is 0 Å². The van der Waals surface area contributed by atoms with Gasteiger partial charge in [0.25, 0.3) is 0 Å². The maximum atomic E-state index is 5.48. The standard InChI is InChI=1S/C6H12N2.ClH/c7-6-4-2-1-3-5-8-6;/h1-5H2,(H2,7,8);1H/p-1. The van der Waals surface area contributed by atoms with Crippen molar-refractivity contribution in [2.24, 2.45) is 10.7 Å². The molecule has 0 aromatic carbocycles. The van der Waals surface area contributed by atoms with Crippen LogP contribution in [-0.4, -0.2) is 12.4 Å². The Morgan fingerprint density at radius 3 is 2.78 bits per heavy atom. The third kappa shape index (κ3) is 3.36. The van der Waals surface area contributed by atoms with Crippen LogP contribution in [0.4, 0.5) is 0 Å². The first kappa shape index (κ1) is 8.76. The Hall–Kier alpha value is -0.240. The van der Waals surface area contributed by atoms with E-state index in [1.54, 1.807) is 0 Å². The summed E-state index contributed by atoms with van der Waals surface area (Å²) in [5.41, 5.74) is 5.48. The maximum Gasteiger partial charge on any atom is 0.0937 e. The summed E-state index contributed by atoms with van der Waals surface area (Å²) in [7, 11) is 0. The van der Waals surface area contributed by atoms with Crippen LogP contribution in [-0.2, 0) is 0 Å². The highest BCUT2D eigenvalue weighted by atomic mass is 35.5. The highest BCUT2D eigenvalue weighted by Gasteiger charge is 1.97. The molecule has 1 rings (SSSR count). The van der Waals surface area contributed by atoms with E-state index in [1.165, 1.54) is 19.3 Å². The van der Waals surface area contributed by atoms with Crippen LogP contribution in [0.1, 0.15) is 25.7 Å². The first-order valence-corrected chi connectivity index (χ1v) is 3.18. The van der Waals surface area contributed by atoms with E-state index in [2.05, 4.69) is 4.99 Å². The molecule has 0 aliphatic carbocycles. The molecular weight excluding hydrogens is 136 g/mol. The number of hydrogen-bond donors (Lipinski definition) is 1. The Labute approximate surface area is 61.9 Å². The zero-order valence-corrected chi connectivity index (χ0v) is 6.19. The fraction of sp³-hybridized carbons (Fsp3) is 0.833. The zero-order chi connectivity index (χ0) is 5.82. The summed E-state index contributed by atoms with van der Waals surface area (Å²) in [4.78, 5) is 4.12. The maximum absolute atomic E-state index is 5.48. The molecule has 2 N–H and O–H groups in total. The molecule has 0 spiro atoms. The fourth-order valence-electron chi connectivity index (χ4n) is 0.896. The molecule has 0 saturated carbocycles. The first-order chi connectivity index (χ1) is 3.89. The van der Waals surface area contributed by atoms with Crippen molar-refractivity contribution >= 4 is 5.84 Å². The molecule has 2 nitrogen and oxygen atoms in total. The third-order valence-corrected chi connectivity index (χ3v) is 1.41. The van der Waals surface area contributed by atoms with Crippen molar-refractivity contribution in [3.63, 3.8) is 0 Å². The lowest BCUT2D eigenvalue weighted by Crippen LogP contribution is -3.00. The number of halogens is 1. The SMILES string of the molecule is NC1=NCCCCC1.[Cl-]. The van der Waals surface area contributed by atoms with Gasteiger partial charge in [0.15, 0.2) is 0 Å². The lowest BCUT2D eigenvalue weighted by molar-refractivity contribution is -0.00000192. The molecule has 0 amide bonds. The van der Waals surface area contributed by atoms with Crippen molar-refractivity contribution in [3.05, 3.63) is 0 Å². The number of aliphatic imine (C=N–C) groups is 1. The van der Waals surface area contributed by atoms with E-state index in [1.807, 2.05) is 0 Å². The van der Waals surface area contributed by atoms with Gasteiger partial charge >= 0.3 is 0 Å². The molecule has 0 unspecified atom stereocenters. The summed E-state index contributed by atoms with van der Waals surface area (Å²) in [6, 6.07) is 0. The van der Waals surface area contributed by atoms with Crippen LogP contribution in [0.5, 0.6) is 0 Å². The van der Waals surface area contributed by atoms with Gasteiger partial charge in [0.1, 0.15) is 0 Å². The minimum absolute atomic E-state index is 0. The van der Waals surface area contributed by atoms with Crippen LogP contribution < -0.4 is 18.1 Å². The van der Waals surface area contributed by atoms with Gasteiger partial charge in [-0.2, -0.15) is 0 Å². The van der Waals surface area contributed by atoms with Crippen molar-refractivity contribution in [1.29, 1.82) is 0 Å². The number of nitrogens with zero attached hydrogens (tertiary/aromatic N) is 1. The third-order valence-electron chi connectivity index (χ3n) is 1.41. The molecule has 1 aliphatic rings. The minimum atomic E-state index is 0. The van der Waals surface area contributed by atoms with E-state index < -0.39 is 0 Å². The Bertz CT molecular complexity index is 101. The fourth-order valence-corrected chi connectivity index (χ4v) is 0.896. The van der Waals surface area contributed by atoms with Gasteiger partial charge in [-0.3, -0.25) is 4.99 Å². The van der Waals surface area contributed by atoms with Gasteiger partial charge in [-0.05, 0) is 12.8 Å². The largest absolute Gasteiger partial charge is 1.00 e. The highest BCUT2D eigenvalue weighted by Crippen LogP contribution is 2.03. The van der Waals surface area contributed by atoms with Crippen molar-refractivity contribution in [1.82, 2.24) is 0 Å². The summed E-state index contributed by atoms with van der Waals surface area (Å²) < 4.78 is 0. The molecule has 0 saturated heterocycles. The van der Waals surface area contributed by atoms with E-state index >= 15 is 0 Å². The summed E-state index contributed by atoms with van der Waals surface area (Å²) in [6.45, 7) is 0.950. The molecular formula is C6H12ClN2-. The molecule has 0 bridgehead atoms. The van der Waals surface area contributed by atoms with Gasteiger partial charge < -0.3 is 18.1 Å². The Morgan fingerprint density at radius 2 is 2.00 bits per heavy atom. The monoisotopic (exact) mass is 147 g/mol. The summed E-state index contributed by atoms with van der Waals surface area (Å²) in [5.74, 6) is 0.850. The van der Waals surface area contributed by atoms with E-state index in [4.69, 9.17) is 5.73 Å². The van der Waals surface area contributed by atoms with Gasteiger partial charge in [-0.15, -0.1) is 0 Å². The average molecular weight is 148 g/mol. The summed E-state index contributed by atoms with van der Waals surface area (Å²) in [6.07, 6.45) is 4.76. The molecule has 0 aromatic heterocycles. The second-order valence-corrected chi connectivity index (χ2v) is 2.18. The van der Waals surface area contributed by atoms with Crippen LogP contribution in [0, 0.1) is 0 Å². The van der Waals surface area contributed by atoms with Gasteiger partial charge in [0, 0.05) is 13.0 Å². The number of hydrogen-bond acceptors (Lipinski definition) is 2. The molecule has 54 valence electrons. The molecule has 1 aliphatic heterocycles. The van der Waals surface area contributed by atoms with Crippen LogP contribution in [0.25, 0.3) is 0 Å². The predicted octanol–water partition coefficient (Wildman–Crippen LogP) is -2.08. The first-order valence-electron chi connectivity index (χ1n) is 3.18. The van der Waals surface area contributed by atoms with Crippen molar-refractivity contribution in [3.8, 4) is 0 Å². The van der Waals surface area contributed by atoms with Crippen molar-refractivity contribution < 1.29 is 12.4 Å². The minimum Gasteiger partial charge on any atom is -1.00 e. The zero-order valence-electron chi connectivity index (χ0n) is 5.44. The van der Waals surface area contributed by atoms with Crippen molar-refractivity contribution in [2.45, 2.75) is 25.7 Å². The molecule has 0 radical (unpaired) electrons. The lowest BCUT2D eigenvalue weighted by atomic mass is 10.2. The second kappa shape index (κ2) is 4.62. The predicted molar refractivity (Wildman–Crippen MR) is 35.0 cm³/mol. The summed E-state index contributed by atoms with van der Waals surface area (Å²) >= 11 is 0. The van der Waals surface area contributed by atoms with Crippen LogP contribution in [0.15, 0.2) is 4.99 Å². The smallest absolute Gasteiger partial charge is 0.0937 e. The molecule has 0 atom stereocenters. The van der Waals surface area contributed by atoms with E-state index in [0.717, 1.165) is 18.8 Å². The van der Waals surface area contributed by atoms with Crippen LogP contribution >= 0.6 is 0 Å². The van der Waals surface area contributed by atoms with E-state index in [-0.39, 0.29) is 12.4 Å². The Balaban J connectivity index is 0.000000640. The van der Waals surface area contributed by atoms with Crippen molar-refractivity contribution in [2.75, 3.05) is 6.54 Å². The van der Waals surface area contributed by atoms with Gasteiger partial charge in [0.2, 0.25) is 0 Å². The molecule has 3 heteroatoms. The molecule has 0 aromatic rings. The quantitative estimate of drug-likeness (QED) is 0.420. The van der Waals surface area contributed by atoms with Gasteiger partial charge in [-0.1, -0.05) is 6.42 Å². The van der Waals surface area contributed by atoms with Gasteiger partial charge in [-0.25, -0.2) is 0 Å². The lowest BCUT2D eigenvalue weighted by Gasteiger charge is -1.90. The topological polar surface area (TPSA) is 38.4 Å². The number of nitrogens with two attached hydrogens (primary N) is 1. The Morgan fingerprint density at radius 1 is 1.22 bits per heavy atom. The van der Waals surface area contributed by atoms with Gasteiger partial charge in [0.05, 0.1) is 5.84 Å². The highest BCUT2D eigenvalue weighted by molar-refractivity contribution is 5.80. The second-order valence-electron chi connectivity index (χ2n) is 2.18. The number of amidine groups is 1. The van der Waals surface area contributed by atoms with Crippen LogP contribution in [0.2, 0.25) is 0 Å². The Kier molecular flexibility index (Phi) is 4.50. The average Bonchev–Trinajstić information content (AvgIpc) is 1.94. The van der Waals surface area contributed by atoms with E-state index in [0.29, 0.717) is 0 Å². The molecule has 1 heterocycles. The normalized spacial score (nSPS) is 19.3. The van der Waals surface area contributed by atoms with E-state index in [9.17, 15) is 0 Å². The molecule has 9 heavy (non-hydrogen) atoms. The molecule has 0 fully saturated rings. The summed E-state index contributed by atoms with van der Waals surface area (Å²) in [5, 5.41) is 0.